The molecule has 0 bridgehead atoms. The minimum Gasteiger partial charge on any atom is -0.366 e. The van der Waals surface area contributed by atoms with Crippen molar-refractivity contribution in [1.82, 2.24) is 4.57 Å². The van der Waals surface area contributed by atoms with Crippen molar-refractivity contribution < 1.29 is 4.79 Å². The molecule has 0 aliphatic heterocycles. The highest BCUT2D eigenvalue weighted by molar-refractivity contribution is 6.30. The number of carbonyl (C=O) groups is 1. The Balaban J connectivity index is 2.41. The van der Waals surface area contributed by atoms with Crippen LogP contribution < -0.4 is 17.0 Å². The molecule has 0 saturated heterocycles. The van der Waals surface area contributed by atoms with Gasteiger partial charge in [0, 0.05) is 40.8 Å². The second-order valence-corrected chi connectivity index (χ2v) is 7.82. The van der Waals surface area contributed by atoms with Gasteiger partial charge in [-0.2, -0.15) is 0 Å². The average Bonchev–Trinajstić information content (AvgIpc) is 2.68. The Hall–Kier alpha value is -2.89. The molecule has 1 heterocycles. The Bertz CT molecular complexity index is 1150. The topological polar surface area (TPSA) is 91.1 Å². The van der Waals surface area contributed by atoms with Crippen LogP contribution in [0.25, 0.3) is 28.0 Å². The summed E-state index contributed by atoms with van der Waals surface area (Å²) in [5.74, 6) is -0.246. The Kier molecular flexibility index (Phi) is 6.20. The van der Waals surface area contributed by atoms with Gasteiger partial charge >= 0.3 is 0 Å². The van der Waals surface area contributed by atoms with Crippen LogP contribution in [-0.2, 0) is 17.9 Å². The summed E-state index contributed by atoms with van der Waals surface area (Å²) >= 11 is 6.08. The van der Waals surface area contributed by atoms with Crippen LogP contribution in [0, 0.1) is 5.92 Å². The van der Waals surface area contributed by atoms with E-state index < -0.39 is 5.91 Å². The lowest BCUT2D eigenvalue weighted by Crippen LogP contribution is -2.28. The van der Waals surface area contributed by atoms with Crippen molar-refractivity contribution in [2.75, 3.05) is 0 Å². The highest BCUT2D eigenvalue weighted by Crippen LogP contribution is 2.32. The average molecular weight is 410 g/mol. The minimum absolute atomic E-state index is 0.0719. The summed E-state index contributed by atoms with van der Waals surface area (Å²) in [6.45, 7) is 4.93. The summed E-state index contributed by atoms with van der Waals surface area (Å²) in [6, 6.07) is 13.0. The molecule has 6 heteroatoms. The first-order valence-corrected chi connectivity index (χ1v) is 9.82. The fourth-order valence-corrected chi connectivity index (χ4v) is 3.63. The first-order chi connectivity index (χ1) is 13.8. The number of rotatable bonds is 6. The van der Waals surface area contributed by atoms with E-state index in [9.17, 15) is 9.59 Å². The van der Waals surface area contributed by atoms with E-state index in [2.05, 4.69) is 13.8 Å². The fraction of sp³-hybridized carbons (Fsp3) is 0.217. The third kappa shape index (κ3) is 4.42. The zero-order valence-electron chi connectivity index (χ0n) is 16.5. The van der Waals surface area contributed by atoms with E-state index in [0.717, 1.165) is 27.8 Å². The van der Waals surface area contributed by atoms with Gasteiger partial charge in [-0.05, 0) is 52.8 Å². The van der Waals surface area contributed by atoms with Gasteiger partial charge < -0.3 is 16.0 Å². The normalized spacial score (nSPS) is 11.6. The van der Waals surface area contributed by atoms with Crippen molar-refractivity contribution in [3.8, 4) is 11.1 Å². The minimum atomic E-state index is -0.530. The fourth-order valence-electron chi connectivity index (χ4n) is 3.50. The molecule has 2 aromatic carbocycles. The van der Waals surface area contributed by atoms with Gasteiger partial charge in [0.2, 0.25) is 5.91 Å². The summed E-state index contributed by atoms with van der Waals surface area (Å²) in [6.07, 6.45) is 2.93. The lowest BCUT2D eigenvalue weighted by molar-refractivity contribution is -0.113. The smallest absolute Gasteiger partial charge is 0.258 e. The summed E-state index contributed by atoms with van der Waals surface area (Å²) in [4.78, 5) is 24.4. The first-order valence-electron chi connectivity index (χ1n) is 9.44. The number of primary amides is 1. The molecule has 0 unspecified atom stereocenters. The molecule has 1 aromatic heterocycles. The molecule has 4 N–H and O–H groups in total. The molecular formula is C23H24ClN3O2. The van der Waals surface area contributed by atoms with Crippen molar-refractivity contribution in [2.45, 2.75) is 26.9 Å². The number of nitrogens with two attached hydrogens (primary N) is 2. The Morgan fingerprint density at radius 3 is 2.41 bits per heavy atom. The second kappa shape index (κ2) is 8.64. The SMILES string of the molecule is CC(C)Cn1c(CN)c(-c2ccc(Cl)cc2)c2cc(C=CC(N)=O)ccc2c1=O. The van der Waals surface area contributed by atoms with E-state index in [4.69, 9.17) is 23.1 Å². The number of nitrogens with zero attached hydrogens (tertiary/aromatic N) is 1. The number of hydrogen-bond acceptors (Lipinski definition) is 3. The van der Waals surface area contributed by atoms with Gasteiger partial charge in [0.1, 0.15) is 0 Å². The van der Waals surface area contributed by atoms with Crippen LogP contribution in [-0.4, -0.2) is 10.5 Å². The van der Waals surface area contributed by atoms with Crippen LogP contribution in [0.1, 0.15) is 25.1 Å². The molecule has 0 saturated carbocycles. The van der Waals surface area contributed by atoms with E-state index in [-0.39, 0.29) is 18.0 Å². The lowest BCUT2D eigenvalue weighted by atomic mass is 9.95. The third-order valence-electron chi connectivity index (χ3n) is 4.72. The Labute approximate surface area is 174 Å². The van der Waals surface area contributed by atoms with Gasteiger partial charge in [0.05, 0.1) is 0 Å². The third-order valence-corrected chi connectivity index (χ3v) is 4.97. The van der Waals surface area contributed by atoms with Crippen molar-refractivity contribution in [2.24, 2.45) is 17.4 Å². The van der Waals surface area contributed by atoms with Gasteiger partial charge in [-0.1, -0.05) is 43.6 Å². The number of halogens is 1. The molecular weight excluding hydrogens is 386 g/mol. The molecule has 3 aromatic rings. The molecule has 0 fully saturated rings. The molecule has 5 nitrogen and oxygen atoms in total. The maximum atomic E-state index is 13.3. The van der Waals surface area contributed by atoms with Crippen molar-refractivity contribution in [1.29, 1.82) is 0 Å². The first kappa shape index (κ1) is 20.8. The van der Waals surface area contributed by atoms with Gasteiger partial charge in [-0.25, -0.2) is 0 Å². The van der Waals surface area contributed by atoms with Crippen LogP contribution in [0.4, 0.5) is 0 Å². The number of fused-ring (bicyclic) bond motifs is 1. The molecule has 0 spiro atoms. The summed E-state index contributed by atoms with van der Waals surface area (Å²) in [7, 11) is 0. The predicted octanol–water partition coefficient (Wildman–Crippen LogP) is 3.94. The highest BCUT2D eigenvalue weighted by Gasteiger charge is 2.18. The van der Waals surface area contributed by atoms with Crippen LogP contribution >= 0.6 is 11.6 Å². The van der Waals surface area contributed by atoms with Gasteiger partial charge in [0.15, 0.2) is 0 Å². The summed E-state index contributed by atoms with van der Waals surface area (Å²) < 4.78 is 1.77. The van der Waals surface area contributed by atoms with Crippen molar-refractivity contribution >= 4 is 34.4 Å². The Morgan fingerprint density at radius 2 is 1.83 bits per heavy atom. The largest absolute Gasteiger partial charge is 0.366 e. The standard InChI is InChI=1S/C23H24ClN3O2/c1-14(2)13-27-20(12-25)22(16-5-7-17(24)8-6-16)19-11-15(4-10-21(26)28)3-9-18(19)23(27)29/h3-11,14H,12-13,25H2,1-2H3,(H2,26,28). The van der Waals surface area contributed by atoms with Gasteiger partial charge in [0.25, 0.3) is 5.56 Å². The molecule has 0 radical (unpaired) electrons. The number of hydrogen-bond donors (Lipinski definition) is 2. The van der Waals surface area contributed by atoms with Crippen LogP contribution in [0.2, 0.25) is 5.02 Å². The molecule has 0 aliphatic rings. The Morgan fingerprint density at radius 1 is 1.14 bits per heavy atom. The maximum absolute atomic E-state index is 13.3. The van der Waals surface area contributed by atoms with Crippen molar-refractivity contribution in [3.05, 3.63) is 75.2 Å². The van der Waals surface area contributed by atoms with E-state index in [1.807, 2.05) is 30.3 Å². The second-order valence-electron chi connectivity index (χ2n) is 7.38. The highest BCUT2D eigenvalue weighted by atomic mass is 35.5. The van der Waals surface area contributed by atoms with Gasteiger partial charge in [-0.3, -0.25) is 9.59 Å². The number of pyridine rings is 1. The van der Waals surface area contributed by atoms with Crippen molar-refractivity contribution in [3.63, 3.8) is 0 Å². The summed E-state index contributed by atoms with van der Waals surface area (Å²) in [5, 5.41) is 2.02. The molecule has 0 aliphatic carbocycles. The molecule has 150 valence electrons. The number of aromatic nitrogens is 1. The summed E-state index contributed by atoms with van der Waals surface area (Å²) in [5.41, 5.74) is 14.6. The molecule has 0 atom stereocenters. The monoisotopic (exact) mass is 409 g/mol. The number of carbonyl (C=O) groups excluding carboxylic acids is 1. The quantitative estimate of drug-likeness (QED) is 0.604. The number of amides is 1. The van der Waals surface area contributed by atoms with Crippen LogP contribution in [0.15, 0.2) is 53.3 Å². The van der Waals surface area contributed by atoms with Gasteiger partial charge in [-0.15, -0.1) is 0 Å². The van der Waals surface area contributed by atoms with E-state index in [1.54, 1.807) is 22.8 Å². The number of benzene rings is 2. The zero-order chi connectivity index (χ0) is 21.1. The van der Waals surface area contributed by atoms with E-state index in [1.165, 1.54) is 6.08 Å². The maximum Gasteiger partial charge on any atom is 0.258 e. The predicted molar refractivity (Wildman–Crippen MR) is 120 cm³/mol. The van der Waals surface area contributed by atoms with Crippen LogP contribution in [0.3, 0.4) is 0 Å². The molecule has 3 rings (SSSR count). The van der Waals surface area contributed by atoms with Crippen LogP contribution in [0.5, 0.6) is 0 Å². The zero-order valence-corrected chi connectivity index (χ0v) is 17.2. The molecule has 1 amide bonds. The van der Waals surface area contributed by atoms with E-state index in [0.29, 0.717) is 17.0 Å². The molecule has 29 heavy (non-hydrogen) atoms. The van der Waals surface area contributed by atoms with E-state index >= 15 is 0 Å². The lowest BCUT2D eigenvalue weighted by Gasteiger charge is -2.21.